The maximum atomic E-state index is 11.6. The van der Waals surface area contributed by atoms with Gasteiger partial charge in [0.05, 0.1) is 19.1 Å². The molecule has 0 saturated heterocycles. The molecule has 0 aliphatic rings. The lowest BCUT2D eigenvalue weighted by Crippen LogP contribution is -2.26. The molecule has 6 nitrogen and oxygen atoms in total. The van der Waals surface area contributed by atoms with E-state index < -0.39 is 20.3 Å². The summed E-state index contributed by atoms with van der Waals surface area (Å²) in [6.45, 7) is 0. The van der Waals surface area contributed by atoms with Gasteiger partial charge in [-0.15, -0.1) is 11.6 Å². The summed E-state index contributed by atoms with van der Waals surface area (Å²) < 4.78 is 33.2. The number of carbonyl (C=O) groups excluding carboxylic acids is 1. The molecule has 0 aliphatic heterocycles. The smallest absolute Gasteiger partial charge is 0.261 e. The van der Waals surface area contributed by atoms with Crippen LogP contribution < -0.4 is 15.2 Å². The number of methoxy groups -OCH3 is 2. The molecule has 1 aromatic carbocycles. The normalized spacial score (nSPS) is 12.8. The SMILES string of the molecule is COc1cc(CC(Cl)C(N)=O)c(S(=O)(=O)Cl)cc1OC. The fourth-order valence-corrected chi connectivity index (χ4v) is 2.88. The van der Waals surface area contributed by atoms with Crippen molar-refractivity contribution in [1.82, 2.24) is 0 Å². The van der Waals surface area contributed by atoms with Crippen LogP contribution >= 0.6 is 22.3 Å². The third-order valence-electron chi connectivity index (χ3n) is 2.54. The van der Waals surface area contributed by atoms with E-state index >= 15 is 0 Å². The maximum absolute atomic E-state index is 11.6. The molecule has 2 N–H and O–H groups in total. The van der Waals surface area contributed by atoms with Crippen LogP contribution in [0, 0.1) is 0 Å². The third-order valence-corrected chi connectivity index (χ3v) is 4.31. The molecule has 0 spiro atoms. The molecule has 1 rings (SSSR count). The Morgan fingerprint density at radius 2 is 1.80 bits per heavy atom. The average molecular weight is 342 g/mol. The number of carbonyl (C=O) groups is 1. The summed E-state index contributed by atoms with van der Waals surface area (Å²) >= 11 is 5.76. The predicted molar refractivity (Wildman–Crippen MR) is 75.1 cm³/mol. The summed E-state index contributed by atoms with van der Waals surface area (Å²) in [5.74, 6) is -0.278. The first-order valence-corrected chi connectivity index (χ1v) is 8.08. The van der Waals surface area contributed by atoms with Crippen LogP contribution in [0.2, 0.25) is 0 Å². The van der Waals surface area contributed by atoms with Crippen molar-refractivity contribution in [3.63, 3.8) is 0 Å². The largest absolute Gasteiger partial charge is 0.493 e. The number of benzene rings is 1. The Kier molecular flexibility index (Phi) is 5.50. The van der Waals surface area contributed by atoms with Crippen molar-refractivity contribution in [3.05, 3.63) is 17.7 Å². The molecular formula is C11H13Cl2NO5S. The molecule has 112 valence electrons. The van der Waals surface area contributed by atoms with E-state index in [1.54, 1.807) is 0 Å². The summed E-state index contributed by atoms with van der Waals surface area (Å²) in [5, 5.41) is -1.06. The van der Waals surface area contributed by atoms with Gasteiger partial charge in [0, 0.05) is 16.7 Å². The topological polar surface area (TPSA) is 95.7 Å². The van der Waals surface area contributed by atoms with Gasteiger partial charge < -0.3 is 15.2 Å². The zero-order chi connectivity index (χ0) is 15.5. The molecule has 0 aromatic heterocycles. The molecule has 20 heavy (non-hydrogen) atoms. The molecule has 0 heterocycles. The van der Waals surface area contributed by atoms with Crippen molar-refractivity contribution in [2.75, 3.05) is 14.2 Å². The van der Waals surface area contributed by atoms with Crippen LogP contribution in [0.15, 0.2) is 17.0 Å². The van der Waals surface area contributed by atoms with Gasteiger partial charge in [-0.3, -0.25) is 4.79 Å². The lowest BCUT2D eigenvalue weighted by Gasteiger charge is -2.14. The minimum atomic E-state index is -4.04. The molecular weight excluding hydrogens is 329 g/mol. The van der Waals surface area contributed by atoms with E-state index in [4.69, 9.17) is 37.5 Å². The zero-order valence-electron chi connectivity index (χ0n) is 10.7. The van der Waals surface area contributed by atoms with Crippen LogP contribution in [-0.4, -0.2) is 33.9 Å². The second kappa shape index (κ2) is 6.51. The van der Waals surface area contributed by atoms with Gasteiger partial charge in [0.15, 0.2) is 11.5 Å². The van der Waals surface area contributed by atoms with E-state index in [-0.39, 0.29) is 22.6 Å². The molecule has 0 aliphatic carbocycles. The van der Waals surface area contributed by atoms with Crippen molar-refractivity contribution >= 4 is 37.2 Å². The van der Waals surface area contributed by atoms with E-state index in [0.717, 1.165) is 0 Å². The standard InChI is InChI=1S/C11H13Cl2NO5S/c1-18-8-4-6(3-7(12)11(14)15)10(20(13,16)17)5-9(8)19-2/h4-5,7H,3H2,1-2H3,(H2,14,15). The van der Waals surface area contributed by atoms with E-state index in [0.29, 0.717) is 5.75 Å². The highest BCUT2D eigenvalue weighted by atomic mass is 35.7. The van der Waals surface area contributed by atoms with E-state index in [1.165, 1.54) is 26.4 Å². The third kappa shape index (κ3) is 3.91. The molecule has 1 unspecified atom stereocenters. The van der Waals surface area contributed by atoms with Crippen LogP contribution in [0.5, 0.6) is 11.5 Å². The number of ether oxygens (including phenoxy) is 2. The number of hydrogen-bond donors (Lipinski definition) is 1. The average Bonchev–Trinajstić information content (AvgIpc) is 2.36. The Morgan fingerprint density at radius 3 is 2.20 bits per heavy atom. The molecule has 1 atom stereocenters. The van der Waals surface area contributed by atoms with Gasteiger partial charge >= 0.3 is 0 Å². The molecule has 0 bridgehead atoms. The van der Waals surface area contributed by atoms with Gasteiger partial charge in [-0.05, 0) is 18.1 Å². The van der Waals surface area contributed by atoms with Crippen LogP contribution in [0.25, 0.3) is 0 Å². The number of rotatable bonds is 6. The number of nitrogens with two attached hydrogens (primary N) is 1. The summed E-state index contributed by atoms with van der Waals surface area (Å²) in [7, 11) is 4.08. The van der Waals surface area contributed by atoms with Crippen LogP contribution in [0.1, 0.15) is 5.56 Å². The second-order valence-corrected chi connectivity index (χ2v) is 6.89. The van der Waals surface area contributed by atoms with Crippen LogP contribution in [0.3, 0.4) is 0 Å². The second-order valence-electron chi connectivity index (χ2n) is 3.83. The summed E-state index contributed by atoms with van der Waals surface area (Å²) in [6.07, 6.45) is -0.0987. The summed E-state index contributed by atoms with van der Waals surface area (Å²) in [5.41, 5.74) is 5.28. The highest BCUT2D eigenvalue weighted by Gasteiger charge is 2.23. The van der Waals surface area contributed by atoms with Gasteiger partial charge in [0.1, 0.15) is 5.38 Å². The molecule has 0 radical (unpaired) electrons. The Balaban J connectivity index is 3.43. The molecule has 1 amide bonds. The maximum Gasteiger partial charge on any atom is 0.261 e. The van der Waals surface area contributed by atoms with Crippen molar-refractivity contribution in [1.29, 1.82) is 0 Å². The first kappa shape index (κ1) is 16.9. The quantitative estimate of drug-likeness (QED) is 0.620. The van der Waals surface area contributed by atoms with Gasteiger partial charge in [-0.25, -0.2) is 8.42 Å². The Morgan fingerprint density at radius 1 is 1.30 bits per heavy atom. The number of alkyl halides is 1. The van der Waals surface area contributed by atoms with Crippen molar-refractivity contribution in [3.8, 4) is 11.5 Å². The summed E-state index contributed by atoms with van der Waals surface area (Å²) in [4.78, 5) is 10.8. The lowest BCUT2D eigenvalue weighted by atomic mass is 10.1. The number of amides is 1. The van der Waals surface area contributed by atoms with E-state index in [2.05, 4.69) is 0 Å². The molecule has 9 heteroatoms. The van der Waals surface area contributed by atoms with Crippen molar-refractivity contribution in [2.45, 2.75) is 16.7 Å². The Bertz CT molecular complexity index is 617. The predicted octanol–water partition coefficient (Wildman–Crippen LogP) is 1.27. The van der Waals surface area contributed by atoms with Gasteiger partial charge in [-0.1, -0.05) is 0 Å². The van der Waals surface area contributed by atoms with Gasteiger partial charge in [0.25, 0.3) is 9.05 Å². The highest BCUT2D eigenvalue weighted by molar-refractivity contribution is 8.13. The first-order valence-electron chi connectivity index (χ1n) is 5.33. The molecule has 1 aromatic rings. The van der Waals surface area contributed by atoms with Crippen LogP contribution in [0.4, 0.5) is 0 Å². The number of halogens is 2. The lowest BCUT2D eigenvalue weighted by molar-refractivity contribution is -0.117. The van der Waals surface area contributed by atoms with Crippen LogP contribution in [-0.2, 0) is 20.3 Å². The van der Waals surface area contributed by atoms with E-state index in [1.807, 2.05) is 0 Å². The highest BCUT2D eigenvalue weighted by Crippen LogP contribution is 2.35. The minimum Gasteiger partial charge on any atom is -0.493 e. The zero-order valence-corrected chi connectivity index (χ0v) is 13.1. The minimum absolute atomic E-state index is 0.0987. The molecule has 0 saturated carbocycles. The molecule has 0 fully saturated rings. The van der Waals surface area contributed by atoms with Gasteiger partial charge in [-0.2, -0.15) is 0 Å². The van der Waals surface area contributed by atoms with Gasteiger partial charge in [0.2, 0.25) is 5.91 Å². The first-order chi connectivity index (χ1) is 9.20. The Labute approximate surface area is 126 Å². The number of hydrogen-bond acceptors (Lipinski definition) is 5. The van der Waals surface area contributed by atoms with Crippen molar-refractivity contribution < 1.29 is 22.7 Å². The summed E-state index contributed by atoms with van der Waals surface area (Å²) in [6, 6.07) is 2.60. The van der Waals surface area contributed by atoms with Crippen molar-refractivity contribution in [2.24, 2.45) is 5.73 Å². The fraction of sp³-hybridized carbons (Fsp3) is 0.364. The Hall–Kier alpha value is -1.18. The monoisotopic (exact) mass is 341 g/mol. The van der Waals surface area contributed by atoms with E-state index in [9.17, 15) is 13.2 Å². The number of primary amides is 1. The fourth-order valence-electron chi connectivity index (χ4n) is 1.58.